The predicted molar refractivity (Wildman–Crippen MR) is 158 cm³/mol. The maximum Gasteiger partial charge on any atom is 0.0454 e. The fourth-order valence-corrected chi connectivity index (χ4v) is 9.46. The summed E-state index contributed by atoms with van der Waals surface area (Å²) < 4.78 is 0. The topological polar surface area (TPSA) is 0 Å². The minimum absolute atomic E-state index is 0.467. The molecule has 2 unspecified atom stereocenters. The van der Waals surface area contributed by atoms with Gasteiger partial charge >= 0.3 is 0 Å². The Morgan fingerprint density at radius 2 is 1.22 bits per heavy atom. The van der Waals surface area contributed by atoms with E-state index in [0.29, 0.717) is 11.2 Å². The third-order valence-electron chi connectivity index (χ3n) is 8.08. The molecule has 36 heavy (non-hydrogen) atoms. The van der Waals surface area contributed by atoms with Gasteiger partial charge in [-0.1, -0.05) is 89.0 Å². The van der Waals surface area contributed by atoms with Crippen LogP contribution in [-0.4, -0.2) is 0 Å². The number of fused-ring (bicyclic) bond motifs is 6. The minimum atomic E-state index is 0.467. The highest BCUT2D eigenvalue weighted by atomic mass is 32.2. The summed E-state index contributed by atoms with van der Waals surface area (Å²) in [5.41, 5.74) is 15.4. The summed E-state index contributed by atoms with van der Waals surface area (Å²) in [5, 5.41) is 3.51. The Labute approximate surface area is 220 Å². The summed E-state index contributed by atoms with van der Waals surface area (Å²) in [5.74, 6) is 0.467. The lowest BCUT2D eigenvalue weighted by Gasteiger charge is -2.12. The molecule has 0 fully saturated rings. The van der Waals surface area contributed by atoms with Gasteiger partial charge in [0, 0.05) is 37.0 Å². The fourth-order valence-electron chi connectivity index (χ4n) is 6.82. The second-order valence-corrected chi connectivity index (χ2v) is 13.1. The lowest BCUT2D eigenvalue weighted by molar-refractivity contribution is 0.878. The number of thiophene rings is 1. The van der Waals surface area contributed by atoms with Gasteiger partial charge in [-0.2, -0.15) is 0 Å². The molecule has 1 aromatic heterocycles. The van der Waals surface area contributed by atoms with Crippen LogP contribution in [0.5, 0.6) is 0 Å². The molecule has 0 bridgehead atoms. The van der Waals surface area contributed by atoms with Gasteiger partial charge in [0.2, 0.25) is 0 Å². The summed E-state index contributed by atoms with van der Waals surface area (Å²) in [6.07, 6.45) is 2.55. The first-order chi connectivity index (χ1) is 17.4. The molecule has 0 nitrogen and oxygen atoms in total. The Kier molecular flexibility index (Phi) is 4.24. The molecular weight excluding hydrogens is 473 g/mol. The largest absolute Gasteiger partial charge is 0.135 e. The van der Waals surface area contributed by atoms with Gasteiger partial charge in [-0.3, -0.25) is 0 Å². The number of rotatable bonds is 2. The van der Waals surface area contributed by atoms with Crippen molar-refractivity contribution in [1.82, 2.24) is 0 Å². The summed E-state index contributed by atoms with van der Waals surface area (Å²) >= 11 is 4.02. The molecule has 1 aliphatic heterocycles. The van der Waals surface area contributed by atoms with Crippen LogP contribution < -0.4 is 0 Å². The van der Waals surface area contributed by atoms with Crippen molar-refractivity contribution < 1.29 is 0 Å². The highest BCUT2D eigenvalue weighted by Crippen LogP contribution is 2.64. The molecule has 4 aromatic carbocycles. The first-order valence-electron chi connectivity index (χ1n) is 12.7. The molecule has 8 rings (SSSR count). The van der Waals surface area contributed by atoms with Crippen molar-refractivity contribution in [3.8, 4) is 32.0 Å². The zero-order valence-electron chi connectivity index (χ0n) is 20.9. The molecule has 2 atom stereocenters. The highest BCUT2D eigenvalue weighted by molar-refractivity contribution is 8.08. The van der Waals surface area contributed by atoms with Crippen LogP contribution in [0.2, 0.25) is 0 Å². The Morgan fingerprint density at radius 1 is 0.583 bits per heavy atom. The third kappa shape index (κ3) is 2.83. The number of allylic oxidation sites excluding steroid dienone is 1. The van der Waals surface area contributed by atoms with E-state index in [1.807, 2.05) is 11.3 Å². The Hall–Kier alpha value is -3.07. The molecule has 2 heterocycles. The molecule has 0 saturated heterocycles. The molecule has 0 amide bonds. The van der Waals surface area contributed by atoms with Gasteiger partial charge in [0.1, 0.15) is 0 Å². The van der Waals surface area contributed by atoms with E-state index in [9.17, 15) is 0 Å². The monoisotopic (exact) mass is 498 g/mol. The van der Waals surface area contributed by atoms with Crippen molar-refractivity contribution >= 4 is 38.8 Å². The molecule has 0 spiro atoms. The third-order valence-corrected chi connectivity index (χ3v) is 10.7. The Morgan fingerprint density at radius 3 is 1.94 bits per heavy atom. The van der Waals surface area contributed by atoms with Gasteiger partial charge in [0.05, 0.1) is 0 Å². The van der Waals surface area contributed by atoms with Crippen molar-refractivity contribution in [1.29, 1.82) is 0 Å². The average Bonchev–Trinajstić information content (AvgIpc) is 3.56. The number of aryl methyl sites for hydroxylation is 4. The number of hydrogen-bond donors (Lipinski definition) is 0. The standard InChI is InChI=1S/C34H26S2/c1-17-9-18(2)12-21(11-17)29-15-27-23-5-8-26-32-24(6-7-25(31(23)32)33(27)35-29)28-16-30(36-34(26)28)22-13-19(3)10-20(4)14-22/h5-16,27,33H,1-4H3. The predicted octanol–water partition coefficient (Wildman–Crippen LogP) is 10.4. The summed E-state index contributed by atoms with van der Waals surface area (Å²) in [4.78, 5) is 4.26. The van der Waals surface area contributed by atoms with Crippen LogP contribution >= 0.6 is 23.1 Å². The summed E-state index contributed by atoms with van der Waals surface area (Å²) in [6, 6.07) is 26.0. The van der Waals surface area contributed by atoms with Crippen LogP contribution in [-0.2, 0) is 0 Å². The van der Waals surface area contributed by atoms with E-state index >= 15 is 0 Å². The van der Waals surface area contributed by atoms with Crippen LogP contribution in [0.3, 0.4) is 0 Å². The zero-order valence-corrected chi connectivity index (χ0v) is 22.5. The Bertz CT molecular complexity index is 1750. The lowest BCUT2D eigenvalue weighted by atomic mass is 9.96. The van der Waals surface area contributed by atoms with Crippen LogP contribution in [0.4, 0.5) is 0 Å². The smallest absolute Gasteiger partial charge is 0.0454 e. The van der Waals surface area contributed by atoms with Crippen molar-refractivity contribution in [3.05, 3.63) is 112 Å². The quantitative estimate of drug-likeness (QED) is 0.229. The van der Waals surface area contributed by atoms with Crippen molar-refractivity contribution in [2.45, 2.75) is 38.9 Å². The molecular formula is C34H26S2. The SMILES string of the molecule is Cc1cc(C)cc(C2=CC3c4ccc5c6c(ccc(c46)C3S2)-c2cc(-c3cc(C)cc(C)c3)sc2-5)c1. The minimum Gasteiger partial charge on any atom is -0.135 e. The summed E-state index contributed by atoms with van der Waals surface area (Å²) in [6.45, 7) is 8.80. The highest BCUT2D eigenvalue weighted by Gasteiger charge is 2.41. The first kappa shape index (κ1) is 21.1. The van der Waals surface area contributed by atoms with Gasteiger partial charge in [0.15, 0.2) is 0 Å². The Balaban J connectivity index is 1.25. The second kappa shape index (κ2) is 7.25. The average molecular weight is 499 g/mol. The normalized spacial score (nSPS) is 18.6. The fraction of sp³-hybridized carbons (Fsp3) is 0.176. The molecule has 0 N–H and O–H groups in total. The number of thioether (sulfide) groups is 1. The summed E-state index contributed by atoms with van der Waals surface area (Å²) in [7, 11) is 0. The zero-order chi connectivity index (χ0) is 24.3. The molecule has 5 aromatic rings. The molecule has 2 aliphatic carbocycles. The van der Waals surface area contributed by atoms with E-state index in [2.05, 4.69) is 112 Å². The molecule has 2 heteroatoms. The first-order valence-corrected chi connectivity index (χ1v) is 14.4. The van der Waals surface area contributed by atoms with Crippen LogP contribution in [0, 0.1) is 27.7 Å². The maximum absolute atomic E-state index is 2.55. The number of hydrogen-bond acceptors (Lipinski definition) is 2. The van der Waals surface area contributed by atoms with Crippen LogP contribution in [0.25, 0.3) is 47.7 Å². The van der Waals surface area contributed by atoms with E-state index < -0.39 is 0 Å². The van der Waals surface area contributed by atoms with Gasteiger partial charge in [-0.25, -0.2) is 0 Å². The van der Waals surface area contributed by atoms with Crippen LogP contribution in [0.15, 0.2) is 72.8 Å². The molecule has 174 valence electrons. The maximum atomic E-state index is 2.55. The van der Waals surface area contributed by atoms with E-state index in [-0.39, 0.29) is 0 Å². The van der Waals surface area contributed by atoms with Gasteiger partial charge in [-0.15, -0.1) is 23.1 Å². The second-order valence-electron chi connectivity index (χ2n) is 10.9. The molecule has 0 radical (unpaired) electrons. The van der Waals surface area contributed by atoms with Gasteiger partial charge < -0.3 is 0 Å². The molecule has 3 aliphatic rings. The van der Waals surface area contributed by atoms with E-state index in [1.165, 1.54) is 86.6 Å². The van der Waals surface area contributed by atoms with Crippen molar-refractivity contribution in [2.24, 2.45) is 0 Å². The van der Waals surface area contributed by atoms with Gasteiger partial charge in [-0.05, 0) is 72.4 Å². The van der Waals surface area contributed by atoms with Gasteiger partial charge in [0.25, 0.3) is 0 Å². The van der Waals surface area contributed by atoms with E-state index in [4.69, 9.17) is 0 Å². The van der Waals surface area contributed by atoms with Crippen LogP contribution in [0.1, 0.15) is 50.1 Å². The lowest BCUT2D eigenvalue weighted by Crippen LogP contribution is -1.92. The van der Waals surface area contributed by atoms with E-state index in [0.717, 1.165) is 0 Å². The number of benzene rings is 4. The van der Waals surface area contributed by atoms with Crippen molar-refractivity contribution in [2.75, 3.05) is 0 Å². The van der Waals surface area contributed by atoms with Crippen molar-refractivity contribution in [3.63, 3.8) is 0 Å². The van der Waals surface area contributed by atoms with E-state index in [1.54, 1.807) is 0 Å². The molecule has 0 saturated carbocycles.